The van der Waals surface area contributed by atoms with Crippen molar-refractivity contribution in [3.63, 3.8) is 0 Å². The Morgan fingerprint density at radius 2 is 2.05 bits per heavy atom. The monoisotopic (exact) mass is 367 g/mol. The van der Waals surface area contributed by atoms with Crippen LogP contribution in [-0.2, 0) is 0 Å². The van der Waals surface area contributed by atoms with Crippen molar-refractivity contribution in [1.29, 1.82) is 0 Å². The van der Waals surface area contributed by atoms with Gasteiger partial charge in [0.2, 0.25) is 0 Å². The van der Waals surface area contributed by atoms with E-state index in [0.29, 0.717) is 16.3 Å². The Labute approximate surface area is 135 Å². The summed E-state index contributed by atoms with van der Waals surface area (Å²) in [5, 5.41) is 4.42. The molecule has 0 saturated heterocycles. The highest BCUT2D eigenvalue weighted by atomic mass is 79.9. The molecule has 0 saturated carbocycles. The number of hydrogen-bond donors (Lipinski definition) is 1. The highest BCUT2D eigenvalue weighted by Crippen LogP contribution is 2.33. The Balaban J connectivity index is 2.11. The summed E-state index contributed by atoms with van der Waals surface area (Å²) in [4.78, 5) is 0. The second kappa shape index (κ2) is 5.79. The zero-order valence-electron chi connectivity index (χ0n) is 11.2. The summed E-state index contributed by atoms with van der Waals surface area (Å²) in [6.45, 7) is 0. The number of hydrogen-bond acceptors (Lipinski definition) is 2. The van der Waals surface area contributed by atoms with Gasteiger partial charge in [-0.15, -0.1) is 0 Å². The highest BCUT2D eigenvalue weighted by molar-refractivity contribution is 9.10. The van der Waals surface area contributed by atoms with Crippen LogP contribution < -0.4 is 5.32 Å². The molecule has 1 N–H and O–H groups in total. The molecule has 3 aromatic rings. The third-order valence-electron chi connectivity index (χ3n) is 3.36. The van der Waals surface area contributed by atoms with Crippen LogP contribution >= 0.6 is 27.5 Å². The minimum absolute atomic E-state index is 0.360. The van der Waals surface area contributed by atoms with E-state index >= 15 is 0 Å². The van der Waals surface area contributed by atoms with Crippen LogP contribution in [0.25, 0.3) is 11.0 Å². The summed E-state index contributed by atoms with van der Waals surface area (Å²) in [6.07, 6.45) is 0. The van der Waals surface area contributed by atoms with E-state index in [1.54, 1.807) is 19.2 Å². The maximum Gasteiger partial charge on any atom is 0.148 e. The van der Waals surface area contributed by atoms with Gasteiger partial charge in [-0.1, -0.05) is 29.8 Å². The minimum atomic E-state index is -0.374. The van der Waals surface area contributed by atoms with Gasteiger partial charge in [0, 0.05) is 16.0 Å². The first-order chi connectivity index (χ1) is 10.1. The number of para-hydroxylation sites is 1. The standard InChI is InChI=1S/C16H12BrClFNO/c1-20-15(11-6-5-10(18)8-13(11)19)14-7-9-3-2-4-12(17)16(9)21-14/h2-8,15,20H,1H3. The highest BCUT2D eigenvalue weighted by Gasteiger charge is 2.20. The Kier molecular flexibility index (Phi) is 4.02. The van der Waals surface area contributed by atoms with E-state index in [2.05, 4.69) is 21.2 Å². The average Bonchev–Trinajstić information content (AvgIpc) is 2.87. The van der Waals surface area contributed by atoms with E-state index in [9.17, 15) is 4.39 Å². The fraction of sp³-hybridized carbons (Fsp3) is 0.125. The SMILES string of the molecule is CNC(c1cc2cccc(Br)c2o1)c1ccc(Cl)cc1F. The minimum Gasteiger partial charge on any atom is -0.458 e. The molecule has 108 valence electrons. The molecule has 21 heavy (non-hydrogen) atoms. The van der Waals surface area contributed by atoms with E-state index in [1.165, 1.54) is 6.07 Å². The van der Waals surface area contributed by atoms with Gasteiger partial charge in [0.15, 0.2) is 0 Å². The van der Waals surface area contributed by atoms with Crippen LogP contribution in [0, 0.1) is 5.82 Å². The van der Waals surface area contributed by atoms with Crippen molar-refractivity contribution >= 4 is 38.5 Å². The second-order valence-electron chi connectivity index (χ2n) is 4.69. The molecule has 0 aliphatic rings. The lowest BCUT2D eigenvalue weighted by molar-refractivity contribution is 0.476. The molecule has 0 bridgehead atoms. The van der Waals surface area contributed by atoms with Crippen molar-refractivity contribution in [3.8, 4) is 0 Å². The number of furan rings is 1. The first kappa shape index (κ1) is 14.6. The van der Waals surface area contributed by atoms with Crippen LogP contribution in [0.2, 0.25) is 5.02 Å². The van der Waals surface area contributed by atoms with Gasteiger partial charge in [-0.2, -0.15) is 0 Å². The topological polar surface area (TPSA) is 25.2 Å². The van der Waals surface area contributed by atoms with Crippen LogP contribution in [0.4, 0.5) is 4.39 Å². The summed E-state index contributed by atoms with van der Waals surface area (Å²) in [5.74, 6) is 0.294. The Hall–Kier alpha value is -1.36. The molecular formula is C16H12BrClFNO. The van der Waals surface area contributed by atoms with E-state index in [1.807, 2.05) is 24.3 Å². The van der Waals surface area contributed by atoms with E-state index in [4.69, 9.17) is 16.0 Å². The van der Waals surface area contributed by atoms with Crippen molar-refractivity contribution in [1.82, 2.24) is 5.32 Å². The molecule has 0 radical (unpaired) electrons. The predicted molar refractivity (Wildman–Crippen MR) is 86.2 cm³/mol. The third kappa shape index (κ3) is 2.71. The molecule has 2 aromatic carbocycles. The molecule has 1 unspecified atom stereocenters. The van der Waals surface area contributed by atoms with Crippen molar-refractivity contribution in [2.24, 2.45) is 0 Å². The van der Waals surface area contributed by atoms with Gasteiger partial charge in [-0.05, 0) is 47.2 Å². The van der Waals surface area contributed by atoms with Crippen molar-refractivity contribution < 1.29 is 8.81 Å². The van der Waals surface area contributed by atoms with Crippen molar-refractivity contribution in [3.05, 3.63) is 69.1 Å². The lowest BCUT2D eigenvalue weighted by Crippen LogP contribution is -2.18. The molecule has 0 fully saturated rings. The summed E-state index contributed by atoms with van der Waals surface area (Å²) in [5.41, 5.74) is 1.25. The summed E-state index contributed by atoms with van der Waals surface area (Å²) in [6, 6.07) is 12.0. The third-order valence-corrected chi connectivity index (χ3v) is 4.22. The molecule has 5 heteroatoms. The van der Waals surface area contributed by atoms with Gasteiger partial charge in [0.05, 0.1) is 10.5 Å². The van der Waals surface area contributed by atoms with Gasteiger partial charge in [0.1, 0.15) is 17.2 Å². The Morgan fingerprint density at radius 1 is 1.24 bits per heavy atom. The summed E-state index contributed by atoms with van der Waals surface area (Å²) in [7, 11) is 1.76. The molecule has 0 spiro atoms. The van der Waals surface area contributed by atoms with E-state index in [-0.39, 0.29) is 11.9 Å². The number of nitrogens with one attached hydrogen (secondary N) is 1. The van der Waals surface area contributed by atoms with Gasteiger partial charge in [0.25, 0.3) is 0 Å². The first-order valence-electron chi connectivity index (χ1n) is 6.40. The van der Waals surface area contributed by atoms with E-state index < -0.39 is 0 Å². The van der Waals surface area contributed by atoms with Gasteiger partial charge in [-0.25, -0.2) is 4.39 Å². The molecule has 1 atom stereocenters. The van der Waals surface area contributed by atoms with Crippen LogP contribution in [-0.4, -0.2) is 7.05 Å². The fourth-order valence-corrected chi connectivity index (χ4v) is 3.00. The normalized spacial score (nSPS) is 12.8. The van der Waals surface area contributed by atoms with Gasteiger partial charge >= 0.3 is 0 Å². The molecular weight excluding hydrogens is 357 g/mol. The van der Waals surface area contributed by atoms with Crippen molar-refractivity contribution in [2.75, 3.05) is 7.05 Å². The van der Waals surface area contributed by atoms with Gasteiger partial charge < -0.3 is 9.73 Å². The average molecular weight is 369 g/mol. The Morgan fingerprint density at radius 3 is 2.71 bits per heavy atom. The molecule has 1 aromatic heterocycles. The van der Waals surface area contributed by atoms with Gasteiger partial charge in [-0.3, -0.25) is 0 Å². The fourth-order valence-electron chi connectivity index (χ4n) is 2.38. The number of halogens is 3. The molecule has 0 aliphatic heterocycles. The van der Waals surface area contributed by atoms with Crippen LogP contribution in [0.1, 0.15) is 17.4 Å². The smallest absolute Gasteiger partial charge is 0.148 e. The zero-order chi connectivity index (χ0) is 15.0. The Bertz CT molecular complexity index is 802. The van der Waals surface area contributed by atoms with Crippen LogP contribution in [0.5, 0.6) is 0 Å². The molecule has 0 amide bonds. The largest absolute Gasteiger partial charge is 0.458 e. The zero-order valence-corrected chi connectivity index (χ0v) is 13.5. The van der Waals surface area contributed by atoms with Crippen LogP contribution in [0.15, 0.2) is 51.4 Å². The molecule has 3 rings (SSSR count). The lowest BCUT2D eigenvalue weighted by Gasteiger charge is -2.15. The quantitative estimate of drug-likeness (QED) is 0.679. The second-order valence-corrected chi connectivity index (χ2v) is 5.99. The lowest BCUT2D eigenvalue weighted by atomic mass is 10.0. The predicted octanol–water partition coefficient (Wildman–Crippen LogP) is 5.30. The van der Waals surface area contributed by atoms with Crippen molar-refractivity contribution in [2.45, 2.75) is 6.04 Å². The maximum atomic E-state index is 14.1. The maximum absolute atomic E-state index is 14.1. The number of rotatable bonds is 3. The summed E-state index contributed by atoms with van der Waals surface area (Å²) >= 11 is 9.26. The van der Waals surface area contributed by atoms with Crippen LogP contribution in [0.3, 0.4) is 0 Å². The molecule has 2 nitrogen and oxygen atoms in total. The number of benzene rings is 2. The number of fused-ring (bicyclic) bond motifs is 1. The molecule has 1 heterocycles. The molecule has 0 aliphatic carbocycles. The first-order valence-corrected chi connectivity index (χ1v) is 7.57. The van der Waals surface area contributed by atoms with E-state index in [0.717, 1.165) is 15.4 Å². The summed E-state index contributed by atoms with van der Waals surface area (Å²) < 4.78 is 20.9.